The largest absolute Gasteiger partial charge is 0.480 e. The van der Waals surface area contributed by atoms with Gasteiger partial charge in [-0.2, -0.15) is 13.2 Å². The summed E-state index contributed by atoms with van der Waals surface area (Å²) < 4.78 is 35.6. The van der Waals surface area contributed by atoms with Crippen molar-refractivity contribution in [1.29, 1.82) is 0 Å². The summed E-state index contributed by atoms with van der Waals surface area (Å²) in [5, 5.41) is 13.5. The van der Waals surface area contributed by atoms with Crippen molar-refractivity contribution in [3.63, 3.8) is 0 Å². The quantitative estimate of drug-likeness (QED) is 0.573. The molecule has 0 bridgehead atoms. The third kappa shape index (κ3) is 10.5. The Balaban J connectivity index is 3.82. The second-order valence-electron chi connectivity index (χ2n) is 4.51. The van der Waals surface area contributed by atoms with E-state index in [0.29, 0.717) is 12.8 Å². The molecule has 0 aliphatic rings. The minimum absolute atomic E-state index is 0.0675. The maximum atomic E-state index is 11.9. The van der Waals surface area contributed by atoms with Gasteiger partial charge < -0.3 is 15.7 Å². The number of halogens is 3. The summed E-state index contributed by atoms with van der Waals surface area (Å²) in [5.41, 5.74) is 0. The summed E-state index contributed by atoms with van der Waals surface area (Å²) in [5.74, 6) is -1.12. The Hall–Kier alpha value is -1.47. The maximum absolute atomic E-state index is 11.9. The van der Waals surface area contributed by atoms with E-state index in [1.807, 2.05) is 6.92 Å². The number of carboxylic acid groups (broad SMARTS) is 1. The van der Waals surface area contributed by atoms with Crippen molar-refractivity contribution in [2.24, 2.45) is 0 Å². The van der Waals surface area contributed by atoms with Crippen LogP contribution in [0.4, 0.5) is 18.0 Å². The maximum Gasteiger partial charge on any atom is 0.389 e. The van der Waals surface area contributed by atoms with Crippen molar-refractivity contribution < 1.29 is 27.9 Å². The SMILES string of the molecule is CCCC[C@H](NC(=O)NCCCCC(F)(F)F)C(=O)O. The van der Waals surface area contributed by atoms with Gasteiger partial charge >= 0.3 is 18.2 Å². The van der Waals surface area contributed by atoms with E-state index in [4.69, 9.17) is 5.11 Å². The third-order valence-electron chi connectivity index (χ3n) is 2.62. The number of nitrogens with one attached hydrogen (secondary N) is 2. The lowest BCUT2D eigenvalue weighted by atomic mass is 10.1. The number of carbonyl (C=O) groups excluding carboxylic acids is 1. The third-order valence-corrected chi connectivity index (χ3v) is 2.62. The van der Waals surface area contributed by atoms with Crippen molar-refractivity contribution in [3.8, 4) is 0 Å². The summed E-state index contributed by atoms with van der Waals surface area (Å²) in [7, 11) is 0. The van der Waals surface area contributed by atoms with Gasteiger partial charge in [-0.1, -0.05) is 19.8 Å². The highest BCUT2D eigenvalue weighted by Crippen LogP contribution is 2.21. The number of amides is 2. The van der Waals surface area contributed by atoms with E-state index in [1.54, 1.807) is 0 Å². The van der Waals surface area contributed by atoms with Gasteiger partial charge in [0.05, 0.1) is 0 Å². The predicted molar refractivity (Wildman–Crippen MR) is 67.4 cm³/mol. The Bertz CT molecular complexity index is 309. The first-order chi connectivity index (χ1) is 9.26. The lowest BCUT2D eigenvalue weighted by Crippen LogP contribution is -2.46. The molecule has 0 heterocycles. The average Bonchev–Trinajstić information content (AvgIpc) is 2.32. The number of hydrogen-bond acceptors (Lipinski definition) is 2. The molecule has 0 unspecified atom stereocenters. The number of urea groups is 1. The molecule has 0 aliphatic carbocycles. The van der Waals surface area contributed by atoms with Crippen molar-refractivity contribution in [2.45, 2.75) is 57.7 Å². The molecule has 8 heteroatoms. The second kappa shape index (κ2) is 9.44. The van der Waals surface area contributed by atoms with E-state index < -0.39 is 30.6 Å². The van der Waals surface area contributed by atoms with Crippen LogP contribution in [0.15, 0.2) is 0 Å². The number of unbranched alkanes of at least 4 members (excludes halogenated alkanes) is 2. The van der Waals surface area contributed by atoms with Gasteiger partial charge in [0.1, 0.15) is 6.04 Å². The molecule has 0 aromatic rings. The Kier molecular flexibility index (Phi) is 8.74. The highest BCUT2D eigenvalue weighted by atomic mass is 19.4. The first-order valence-electron chi connectivity index (χ1n) is 6.60. The van der Waals surface area contributed by atoms with Crippen molar-refractivity contribution in [3.05, 3.63) is 0 Å². The van der Waals surface area contributed by atoms with Gasteiger partial charge in [-0.05, 0) is 19.3 Å². The predicted octanol–water partition coefficient (Wildman–Crippen LogP) is 2.66. The van der Waals surface area contributed by atoms with Gasteiger partial charge in [-0.25, -0.2) is 9.59 Å². The molecule has 3 N–H and O–H groups in total. The lowest BCUT2D eigenvalue weighted by molar-refractivity contribution is -0.139. The van der Waals surface area contributed by atoms with E-state index in [0.717, 1.165) is 6.42 Å². The topological polar surface area (TPSA) is 78.4 Å². The molecule has 0 saturated carbocycles. The van der Waals surface area contributed by atoms with E-state index in [2.05, 4.69) is 10.6 Å². The van der Waals surface area contributed by atoms with Gasteiger partial charge in [0, 0.05) is 13.0 Å². The van der Waals surface area contributed by atoms with E-state index >= 15 is 0 Å². The van der Waals surface area contributed by atoms with Crippen LogP contribution in [0.5, 0.6) is 0 Å². The van der Waals surface area contributed by atoms with Crippen molar-refractivity contribution in [1.82, 2.24) is 10.6 Å². The number of carboxylic acids is 1. The minimum atomic E-state index is -4.18. The van der Waals surface area contributed by atoms with E-state index in [-0.39, 0.29) is 19.4 Å². The highest BCUT2D eigenvalue weighted by Gasteiger charge is 2.25. The van der Waals surface area contributed by atoms with Crippen LogP contribution < -0.4 is 10.6 Å². The van der Waals surface area contributed by atoms with Crippen LogP contribution in [-0.2, 0) is 4.79 Å². The lowest BCUT2D eigenvalue weighted by Gasteiger charge is -2.14. The summed E-state index contributed by atoms with van der Waals surface area (Å²) in [4.78, 5) is 22.2. The van der Waals surface area contributed by atoms with E-state index in [1.165, 1.54) is 0 Å². The molecule has 5 nitrogen and oxygen atoms in total. The smallest absolute Gasteiger partial charge is 0.389 e. The molecule has 0 aromatic heterocycles. The van der Waals surface area contributed by atoms with Crippen LogP contribution in [0.25, 0.3) is 0 Å². The van der Waals surface area contributed by atoms with Crippen LogP contribution >= 0.6 is 0 Å². The van der Waals surface area contributed by atoms with Gasteiger partial charge in [0.15, 0.2) is 0 Å². The van der Waals surface area contributed by atoms with Gasteiger partial charge in [-0.15, -0.1) is 0 Å². The summed E-state index contributed by atoms with van der Waals surface area (Å²) in [6.45, 7) is 1.99. The van der Waals surface area contributed by atoms with Crippen molar-refractivity contribution >= 4 is 12.0 Å². The Labute approximate surface area is 115 Å². The summed E-state index contributed by atoms with van der Waals surface area (Å²) in [6.07, 6.45) is -3.14. The summed E-state index contributed by atoms with van der Waals surface area (Å²) in [6, 6.07) is -1.63. The molecule has 0 aliphatic heterocycles. The number of hydrogen-bond donors (Lipinski definition) is 3. The number of alkyl halides is 3. The molecule has 0 saturated heterocycles. The monoisotopic (exact) mass is 298 g/mol. The van der Waals surface area contributed by atoms with Gasteiger partial charge in [0.25, 0.3) is 0 Å². The highest BCUT2D eigenvalue weighted by molar-refractivity contribution is 5.82. The van der Waals surface area contributed by atoms with Crippen LogP contribution in [-0.4, -0.2) is 35.9 Å². The molecule has 0 aromatic carbocycles. The van der Waals surface area contributed by atoms with Crippen LogP contribution in [0.2, 0.25) is 0 Å². The fourth-order valence-electron chi connectivity index (χ4n) is 1.53. The second-order valence-corrected chi connectivity index (χ2v) is 4.51. The molecule has 0 rings (SSSR count). The van der Waals surface area contributed by atoms with Crippen LogP contribution in [0, 0.1) is 0 Å². The number of aliphatic carboxylic acids is 1. The zero-order valence-corrected chi connectivity index (χ0v) is 11.4. The molecular weight excluding hydrogens is 277 g/mol. The van der Waals surface area contributed by atoms with Gasteiger partial charge in [0.2, 0.25) is 0 Å². The molecule has 0 radical (unpaired) electrons. The van der Waals surface area contributed by atoms with Gasteiger partial charge in [-0.3, -0.25) is 0 Å². The number of carbonyl (C=O) groups is 2. The zero-order valence-electron chi connectivity index (χ0n) is 11.4. The fourth-order valence-corrected chi connectivity index (χ4v) is 1.53. The van der Waals surface area contributed by atoms with E-state index in [9.17, 15) is 22.8 Å². The molecule has 2 amide bonds. The Morgan fingerprint density at radius 2 is 1.85 bits per heavy atom. The molecule has 1 atom stereocenters. The first kappa shape index (κ1) is 18.5. The minimum Gasteiger partial charge on any atom is -0.480 e. The molecule has 20 heavy (non-hydrogen) atoms. The molecular formula is C12H21F3N2O3. The van der Waals surface area contributed by atoms with Crippen molar-refractivity contribution in [2.75, 3.05) is 6.54 Å². The van der Waals surface area contributed by atoms with Crippen LogP contribution in [0.3, 0.4) is 0 Å². The van der Waals surface area contributed by atoms with Crippen LogP contribution in [0.1, 0.15) is 45.4 Å². The Morgan fingerprint density at radius 1 is 1.20 bits per heavy atom. The molecule has 0 spiro atoms. The normalized spacial score (nSPS) is 12.8. The number of rotatable bonds is 9. The summed E-state index contributed by atoms with van der Waals surface area (Å²) >= 11 is 0. The molecule has 0 fully saturated rings. The Morgan fingerprint density at radius 3 is 2.35 bits per heavy atom. The first-order valence-corrected chi connectivity index (χ1v) is 6.60. The average molecular weight is 298 g/mol. The zero-order chi connectivity index (χ0) is 15.6. The standard InChI is InChI=1S/C12H21F3N2O3/c1-2-3-6-9(10(18)19)17-11(20)16-8-5-4-7-12(13,14)15/h9H,2-8H2,1H3,(H,18,19)(H2,16,17,20)/t9-/m0/s1. The molecule has 118 valence electrons. The fraction of sp³-hybridized carbons (Fsp3) is 0.833.